The molecule has 2 rings (SSSR count). The van der Waals surface area contributed by atoms with E-state index in [-0.39, 0.29) is 11.7 Å². The SMILES string of the molecule is CNc1nc(N)c(C(=O)N(C)Cc2ccoc2C)s1. The Morgan fingerprint density at radius 2 is 2.37 bits per heavy atom. The van der Waals surface area contributed by atoms with Crippen LogP contribution in [0.5, 0.6) is 0 Å². The minimum atomic E-state index is -0.142. The Labute approximate surface area is 115 Å². The van der Waals surface area contributed by atoms with E-state index in [0.29, 0.717) is 16.6 Å². The number of aromatic nitrogens is 1. The maximum atomic E-state index is 12.3. The van der Waals surface area contributed by atoms with Crippen molar-refractivity contribution in [2.75, 3.05) is 25.1 Å². The zero-order valence-electron chi connectivity index (χ0n) is 11.1. The van der Waals surface area contributed by atoms with Crippen LogP contribution in [0.1, 0.15) is 21.0 Å². The summed E-state index contributed by atoms with van der Waals surface area (Å²) in [5.41, 5.74) is 6.73. The van der Waals surface area contributed by atoms with Crippen LogP contribution in [-0.4, -0.2) is 29.9 Å². The van der Waals surface area contributed by atoms with Gasteiger partial charge in [-0.05, 0) is 13.0 Å². The van der Waals surface area contributed by atoms with Crippen LogP contribution in [0, 0.1) is 6.92 Å². The predicted molar refractivity (Wildman–Crippen MR) is 75.3 cm³/mol. The van der Waals surface area contributed by atoms with Crippen molar-refractivity contribution in [3.63, 3.8) is 0 Å². The molecule has 0 bridgehead atoms. The third kappa shape index (κ3) is 2.70. The van der Waals surface area contributed by atoms with Crippen LogP contribution in [-0.2, 0) is 6.54 Å². The summed E-state index contributed by atoms with van der Waals surface area (Å²) in [6, 6.07) is 1.86. The molecule has 7 heteroatoms. The summed E-state index contributed by atoms with van der Waals surface area (Å²) in [6.07, 6.45) is 1.61. The van der Waals surface area contributed by atoms with E-state index >= 15 is 0 Å². The van der Waals surface area contributed by atoms with E-state index in [1.165, 1.54) is 11.3 Å². The molecule has 0 saturated heterocycles. The van der Waals surface area contributed by atoms with Gasteiger partial charge in [-0.1, -0.05) is 11.3 Å². The van der Waals surface area contributed by atoms with Crippen molar-refractivity contribution in [2.24, 2.45) is 0 Å². The highest BCUT2D eigenvalue weighted by molar-refractivity contribution is 7.18. The van der Waals surface area contributed by atoms with Crippen molar-refractivity contribution < 1.29 is 9.21 Å². The first-order valence-electron chi connectivity index (χ1n) is 5.75. The van der Waals surface area contributed by atoms with Crippen molar-refractivity contribution in [2.45, 2.75) is 13.5 Å². The molecule has 0 radical (unpaired) electrons. The fourth-order valence-electron chi connectivity index (χ4n) is 1.67. The standard InChI is InChI=1S/C12H16N4O2S/c1-7-8(4-5-18-7)6-16(3)11(17)9-10(13)15-12(14-2)19-9/h4-5H,6,13H2,1-3H3,(H,14,15). The molecule has 0 aliphatic rings. The fraction of sp³-hybridized carbons (Fsp3) is 0.333. The van der Waals surface area contributed by atoms with E-state index in [2.05, 4.69) is 10.3 Å². The number of carbonyl (C=O) groups excluding carboxylic acids is 1. The highest BCUT2D eigenvalue weighted by Gasteiger charge is 2.20. The smallest absolute Gasteiger partial charge is 0.267 e. The van der Waals surface area contributed by atoms with Crippen molar-refractivity contribution in [1.82, 2.24) is 9.88 Å². The molecule has 0 fully saturated rings. The third-order valence-electron chi connectivity index (χ3n) is 2.78. The molecule has 2 heterocycles. The maximum Gasteiger partial charge on any atom is 0.267 e. The van der Waals surface area contributed by atoms with Crippen molar-refractivity contribution >= 4 is 28.2 Å². The molecule has 3 N–H and O–H groups in total. The van der Waals surface area contributed by atoms with E-state index in [4.69, 9.17) is 10.2 Å². The van der Waals surface area contributed by atoms with Crippen molar-refractivity contribution in [3.05, 3.63) is 28.5 Å². The number of anilines is 2. The lowest BCUT2D eigenvalue weighted by Gasteiger charge is -2.15. The summed E-state index contributed by atoms with van der Waals surface area (Å²) in [6.45, 7) is 2.35. The van der Waals surface area contributed by atoms with Gasteiger partial charge in [0, 0.05) is 26.2 Å². The summed E-state index contributed by atoms with van der Waals surface area (Å²) in [5, 5.41) is 3.51. The van der Waals surface area contributed by atoms with E-state index in [9.17, 15) is 4.79 Å². The van der Waals surface area contributed by atoms with E-state index in [1.807, 2.05) is 13.0 Å². The topological polar surface area (TPSA) is 84.4 Å². The summed E-state index contributed by atoms with van der Waals surface area (Å²) in [5.74, 6) is 0.931. The van der Waals surface area contributed by atoms with E-state index in [1.54, 1.807) is 25.3 Å². The molecule has 0 atom stereocenters. The quantitative estimate of drug-likeness (QED) is 0.894. The number of nitrogen functional groups attached to an aromatic ring is 1. The molecule has 102 valence electrons. The maximum absolute atomic E-state index is 12.3. The van der Waals surface area contributed by atoms with Crippen molar-refractivity contribution in [3.8, 4) is 0 Å². The highest BCUT2D eigenvalue weighted by Crippen LogP contribution is 2.26. The van der Waals surface area contributed by atoms with Gasteiger partial charge in [0.2, 0.25) is 0 Å². The number of carbonyl (C=O) groups is 1. The molecular formula is C12H16N4O2S. The Bertz CT molecular complexity index is 590. The number of nitrogens with zero attached hydrogens (tertiary/aromatic N) is 2. The monoisotopic (exact) mass is 280 g/mol. The lowest BCUT2D eigenvalue weighted by molar-refractivity contribution is 0.0790. The molecule has 0 aliphatic carbocycles. The molecule has 0 spiro atoms. The number of furan rings is 1. The number of rotatable bonds is 4. The Morgan fingerprint density at radius 3 is 2.89 bits per heavy atom. The van der Waals surface area contributed by atoms with Crippen LogP contribution in [0.3, 0.4) is 0 Å². The zero-order valence-corrected chi connectivity index (χ0v) is 11.9. The van der Waals surface area contributed by atoms with Gasteiger partial charge >= 0.3 is 0 Å². The van der Waals surface area contributed by atoms with Gasteiger partial charge in [-0.2, -0.15) is 0 Å². The van der Waals surface area contributed by atoms with Crippen LogP contribution >= 0.6 is 11.3 Å². The number of hydrogen-bond acceptors (Lipinski definition) is 6. The summed E-state index contributed by atoms with van der Waals surface area (Å²) >= 11 is 1.25. The summed E-state index contributed by atoms with van der Waals surface area (Å²) in [4.78, 5) is 18.4. The number of nitrogens with two attached hydrogens (primary N) is 1. The number of thiazole rings is 1. The van der Waals surface area contributed by atoms with Gasteiger partial charge < -0.3 is 20.4 Å². The van der Waals surface area contributed by atoms with Gasteiger partial charge in [-0.15, -0.1) is 0 Å². The largest absolute Gasteiger partial charge is 0.469 e. The average Bonchev–Trinajstić information content (AvgIpc) is 2.95. The van der Waals surface area contributed by atoms with Crippen LogP contribution in [0.4, 0.5) is 10.9 Å². The lowest BCUT2D eigenvalue weighted by atomic mass is 10.2. The van der Waals surface area contributed by atoms with Crippen LogP contribution in [0.15, 0.2) is 16.7 Å². The van der Waals surface area contributed by atoms with Crippen LogP contribution < -0.4 is 11.1 Å². The first kappa shape index (κ1) is 13.4. The van der Waals surface area contributed by atoms with E-state index < -0.39 is 0 Å². The Morgan fingerprint density at radius 1 is 1.63 bits per heavy atom. The molecule has 0 aromatic carbocycles. The van der Waals surface area contributed by atoms with Gasteiger partial charge in [-0.3, -0.25) is 4.79 Å². The van der Waals surface area contributed by atoms with Gasteiger partial charge in [-0.25, -0.2) is 4.98 Å². The minimum Gasteiger partial charge on any atom is -0.469 e. The third-order valence-corrected chi connectivity index (χ3v) is 3.86. The second-order valence-corrected chi connectivity index (χ2v) is 5.15. The number of nitrogens with one attached hydrogen (secondary N) is 1. The Balaban J connectivity index is 2.14. The number of amides is 1. The average molecular weight is 280 g/mol. The zero-order chi connectivity index (χ0) is 14.0. The van der Waals surface area contributed by atoms with Crippen LogP contribution in [0.2, 0.25) is 0 Å². The Hall–Kier alpha value is -2.02. The summed E-state index contributed by atoms with van der Waals surface area (Å²) < 4.78 is 5.21. The minimum absolute atomic E-state index is 0.142. The normalized spacial score (nSPS) is 10.5. The fourth-order valence-corrected chi connectivity index (χ4v) is 2.50. The molecule has 1 amide bonds. The molecule has 0 saturated carbocycles. The molecule has 0 unspecified atom stereocenters. The lowest BCUT2D eigenvalue weighted by Crippen LogP contribution is -2.26. The molecular weight excluding hydrogens is 264 g/mol. The van der Waals surface area contributed by atoms with Gasteiger partial charge in [0.15, 0.2) is 5.13 Å². The van der Waals surface area contributed by atoms with Gasteiger partial charge in [0.1, 0.15) is 16.5 Å². The summed E-state index contributed by atoms with van der Waals surface area (Å²) in [7, 11) is 3.47. The second-order valence-electron chi connectivity index (χ2n) is 4.15. The highest BCUT2D eigenvalue weighted by atomic mass is 32.1. The predicted octanol–water partition coefficient (Wildman–Crippen LogP) is 1.94. The Kier molecular flexibility index (Phi) is 3.75. The van der Waals surface area contributed by atoms with Crippen molar-refractivity contribution in [1.29, 1.82) is 0 Å². The second kappa shape index (κ2) is 5.31. The molecule has 2 aromatic rings. The van der Waals surface area contributed by atoms with Gasteiger partial charge in [0.05, 0.1) is 6.26 Å². The molecule has 2 aromatic heterocycles. The first-order chi connectivity index (χ1) is 9.02. The molecule has 6 nitrogen and oxygen atoms in total. The van der Waals surface area contributed by atoms with E-state index in [0.717, 1.165) is 11.3 Å². The number of aryl methyl sites for hydroxylation is 1. The van der Waals surface area contributed by atoms with Crippen LogP contribution in [0.25, 0.3) is 0 Å². The first-order valence-corrected chi connectivity index (χ1v) is 6.57. The number of hydrogen-bond donors (Lipinski definition) is 2. The molecule has 0 aliphatic heterocycles. The molecule has 19 heavy (non-hydrogen) atoms. The van der Waals surface area contributed by atoms with Gasteiger partial charge in [0.25, 0.3) is 5.91 Å².